The van der Waals surface area contributed by atoms with Gasteiger partial charge in [-0.05, 0) is 31.8 Å². The number of aliphatic hydroxyl groups excluding tert-OH is 1. The lowest BCUT2D eigenvalue weighted by Gasteiger charge is -2.17. The normalized spacial score (nSPS) is 23.4. The topological polar surface area (TPSA) is 23.5 Å². The van der Waals surface area contributed by atoms with Crippen LogP contribution in [0.3, 0.4) is 0 Å². The average Bonchev–Trinajstić information content (AvgIpc) is 2.40. The van der Waals surface area contributed by atoms with Crippen LogP contribution in [0.1, 0.15) is 19.8 Å². The van der Waals surface area contributed by atoms with E-state index >= 15 is 0 Å². The Bertz CT molecular complexity index is 89.3. The number of hydrogen-bond donors (Lipinski definition) is 1. The third kappa shape index (κ3) is 2.27. The molecule has 0 saturated carbocycles. The van der Waals surface area contributed by atoms with Crippen LogP contribution in [-0.2, 0) is 0 Å². The minimum Gasteiger partial charge on any atom is -0.396 e. The van der Waals surface area contributed by atoms with Crippen molar-refractivity contribution in [3.8, 4) is 0 Å². The molecule has 1 N–H and O–H groups in total. The molecule has 2 heteroatoms. The molecule has 1 fully saturated rings. The number of aliphatic hydroxyl groups is 1. The van der Waals surface area contributed by atoms with Gasteiger partial charge in [0.2, 0.25) is 0 Å². The molecular weight excluding hydrogens is 126 g/mol. The van der Waals surface area contributed by atoms with E-state index in [0.29, 0.717) is 12.5 Å². The second-order valence-corrected chi connectivity index (χ2v) is 3.30. The van der Waals surface area contributed by atoms with Crippen LogP contribution in [0.5, 0.6) is 0 Å². The smallest absolute Gasteiger partial charge is 0.0468 e. The Kier molecular flexibility index (Phi) is 3.16. The molecule has 0 spiro atoms. The van der Waals surface area contributed by atoms with Gasteiger partial charge in [0.15, 0.2) is 0 Å². The third-order valence-electron chi connectivity index (χ3n) is 2.08. The molecule has 1 saturated heterocycles. The molecule has 0 aromatic carbocycles. The molecule has 1 unspecified atom stereocenters. The van der Waals surface area contributed by atoms with Crippen LogP contribution in [0.15, 0.2) is 0 Å². The largest absolute Gasteiger partial charge is 0.396 e. The summed E-state index contributed by atoms with van der Waals surface area (Å²) in [5, 5.41) is 8.77. The molecule has 1 heterocycles. The molecular formula is C8H17NO. The summed E-state index contributed by atoms with van der Waals surface area (Å²) in [7, 11) is 0. The zero-order valence-electron chi connectivity index (χ0n) is 6.71. The van der Waals surface area contributed by atoms with E-state index in [1.807, 2.05) is 0 Å². The first-order chi connectivity index (χ1) is 4.83. The molecule has 2 nitrogen and oxygen atoms in total. The molecule has 0 aliphatic carbocycles. The van der Waals surface area contributed by atoms with E-state index in [1.54, 1.807) is 0 Å². The molecule has 10 heavy (non-hydrogen) atoms. The molecule has 0 radical (unpaired) electrons. The van der Waals surface area contributed by atoms with Crippen LogP contribution < -0.4 is 0 Å². The van der Waals surface area contributed by atoms with Gasteiger partial charge in [0.1, 0.15) is 0 Å². The highest BCUT2D eigenvalue weighted by Crippen LogP contribution is 2.09. The molecule has 0 aromatic rings. The Balaban J connectivity index is 2.11. The van der Waals surface area contributed by atoms with Crippen molar-refractivity contribution in [1.82, 2.24) is 4.90 Å². The van der Waals surface area contributed by atoms with E-state index < -0.39 is 0 Å². The van der Waals surface area contributed by atoms with Crippen molar-refractivity contribution in [2.24, 2.45) is 5.92 Å². The summed E-state index contributed by atoms with van der Waals surface area (Å²) in [6, 6.07) is 0. The first-order valence-corrected chi connectivity index (χ1v) is 4.16. The first-order valence-electron chi connectivity index (χ1n) is 4.16. The van der Waals surface area contributed by atoms with Crippen molar-refractivity contribution in [1.29, 1.82) is 0 Å². The van der Waals surface area contributed by atoms with Crippen LogP contribution in [0, 0.1) is 5.92 Å². The van der Waals surface area contributed by atoms with Crippen molar-refractivity contribution < 1.29 is 5.11 Å². The Hall–Kier alpha value is -0.0800. The summed E-state index contributed by atoms with van der Waals surface area (Å²) >= 11 is 0. The van der Waals surface area contributed by atoms with Gasteiger partial charge in [-0.25, -0.2) is 0 Å². The van der Waals surface area contributed by atoms with Crippen molar-refractivity contribution in [2.45, 2.75) is 19.8 Å². The highest BCUT2D eigenvalue weighted by Gasteiger charge is 2.13. The summed E-state index contributed by atoms with van der Waals surface area (Å²) in [4.78, 5) is 2.43. The maximum atomic E-state index is 8.77. The van der Waals surface area contributed by atoms with Gasteiger partial charge in [-0.3, -0.25) is 0 Å². The zero-order chi connectivity index (χ0) is 7.40. The van der Waals surface area contributed by atoms with Crippen LogP contribution in [-0.4, -0.2) is 36.2 Å². The number of likely N-dealkylation sites (tertiary alicyclic amines) is 1. The van der Waals surface area contributed by atoms with Gasteiger partial charge in [-0.1, -0.05) is 6.92 Å². The lowest BCUT2D eigenvalue weighted by Crippen LogP contribution is -2.26. The summed E-state index contributed by atoms with van der Waals surface area (Å²) in [5.41, 5.74) is 0. The van der Waals surface area contributed by atoms with Gasteiger partial charge >= 0.3 is 0 Å². The van der Waals surface area contributed by atoms with E-state index in [0.717, 1.165) is 6.54 Å². The SMILES string of the molecule is CC(CO)CN1CCCC1. The Morgan fingerprint density at radius 3 is 2.50 bits per heavy atom. The summed E-state index contributed by atoms with van der Waals surface area (Å²) < 4.78 is 0. The van der Waals surface area contributed by atoms with Crippen molar-refractivity contribution >= 4 is 0 Å². The van der Waals surface area contributed by atoms with Gasteiger partial charge in [0.25, 0.3) is 0 Å². The monoisotopic (exact) mass is 143 g/mol. The van der Waals surface area contributed by atoms with Crippen molar-refractivity contribution in [3.63, 3.8) is 0 Å². The van der Waals surface area contributed by atoms with E-state index in [-0.39, 0.29) is 0 Å². The zero-order valence-corrected chi connectivity index (χ0v) is 6.71. The maximum Gasteiger partial charge on any atom is 0.0468 e. The van der Waals surface area contributed by atoms with Crippen molar-refractivity contribution in [3.05, 3.63) is 0 Å². The number of nitrogens with zero attached hydrogens (tertiary/aromatic N) is 1. The highest BCUT2D eigenvalue weighted by atomic mass is 16.3. The minimum atomic E-state index is 0.330. The fraction of sp³-hybridized carbons (Fsp3) is 1.00. The fourth-order valence-electron chi connectivity index (χ4n) is 1.46. The molecule has 0 bridgehead atoms. The van der Waals surface area contributed by atoms with Gasteiger partial charge in [0, 0.05) is 13.2 Å². The third-order valence-corrected chi connectivity index (χ3v) is 2.08. The lowest BCUT2D eigenvalue weighted by atomic mass is 10.2. The van der Waals surface area contributed by atoms with Gasteiger partial charge in [-0.15, -0.1) is 0 Å². The van der Waals surface area contributed by atoms with E-state index in [4.69, 9.17) is 5.11 Å². The molecule has 0 amide bonds. The second kappa shape index (κ2) is 3.94. The van der Waals surface area contributed by atoms with E-state index in [2.05, 4.69) is 11.8 Å². The Labute approximate surface area is 62.8 Å². The molecule has 1 aliphatic rings. The Morgan fingerprint density at radius 1 is 1.40 bits per heavy atom. The molecule has 1 rings (SSSR count). The van der Waals surface area contributed by atoms with Crippen LogP contribution in [0.25, 0.3) is 0 Å². The van der Waals surface area contributed by atoms with Crippen LogP contribution in [0.2, 0.25) is 0 Å². The second-order valence-electron chi connectivity index (χ2n) is 3.30. The quantitative estimate of drug-likeness (QED) is 0.629. The molecule has 1 atom stereocenters. The maximum absolute atomic E-state index is 8.77. The van der Waals surface area contributed by atoms with Crippen LogP contribution in [0.4, 0.5) is 0 Å². The standard InChI is InChI=1S/C8H17NO/c1-8(7-10)6-9-4-2-3-5-9/h8,10H,2-7H2,1H3. The summed E-state index contributed by atoms with van der Waals surface area (Å²) in [6.45, 7) is 5.99. The average molecular weight is 143 g/mol. The minimum absolute atomic E-state index is 0.330. The van der Waals surface area contributed by atoms with E-state index in [1.165, 1.54) is 25.9 Å². The Morgan fingerprint density at radius 2 is 2.00 bits per heavy atom. The number of hydrogen-bond acceptors (Lipinski definition) is 2. The van der Waals surface area contributed by atoms with Gasteiger partial charge in [0.05, 0.1) is 0 Å². The van der Waals surface area contributed by atoms with E-state index in [9.17, 15) is 0 Å². The van der Waals surface area contributed by atoms with Crippen LogP contribution >= 0.6 is 0 Å². The molecule has 0 aromatic heterocycles. The fourth-order valence-corrected chi connectivity index (χ4v) is 1.46. The number of rotatable bonds is 3. The van der Waals surface area contributed by atoms with Crippen molar-refractivity contribution in [2.75, 3.05) is 26.2 Å². The predicted molar refractivity (Wildman–Crippen MR) is 41.9 cm³/mol. The lowest BCUT2D eigenvalue weighted by molar-refractivity contribution is 0.191. The van der Waals surface area contributed by atoms with Gasteiger partial charge < -0.3 is 10.0 Å². The molecule has 1 aliphatic heterocycles. The summed E-state index contributed by atoms with van der Waals surface area (Å²) in [6.07, 6.45) is 2.69. The molecule has 60 valence electrons. The highest BCUT2D eigenvalue weighted by molar-refractivity contribution is 4.67. The summed E-state index contributed by atoms with van der Waals surface area (Å²) in [5.74, 6) is 0.457. The van der Waals surface area contributed by atoms with Gasteiger partial charge in [-0.2, -0.15) is 0 Å². The predicted octanol–water partition coefficient (Wildman–Crippen LogP) is 0.711. The first kappa shape index (κ1) is 8.02.